The second kappa shape index (κ2) is 8.36. The summed E-state index contributed by atoms with van der Waals surface area (Å²) in [5.74, 6) is 0.0216. The first kappa shape index (κ1) is 17.8. The molecule has 2 rings (SSSR count). The molecule has 0 fully saturated rings. The van der Waals surface area contributed by atoms with Gasteiger partial charge in [0.2, 0.25) is 11.8 Å². The largest absolute Gasteiger partial charge is 0.492 e. The highest BCUT2D eigenvalue weighted by Crippen LogP contribution is 2.24. The first-order chi connectivity index (χ1) is 11.5. The molecule has 0 saturated carbocycles. The number of carbonyl (C=O) groups is 2. The maximum absolute atomic E-state index is 12.3. The fourth-order valence-corrected chi connectivity index (χ4v) is 2.40. The highest BCUT2D eigenvalue weighted by molar-refractivity contribution is 6.31. The zero-order chi connectivity index (χ0) is 17.5. The van der Waals surface area contributed by atoms with E-state index in [1.807, 2.05) is 13.0 Å². The van der Waals surface area contributed by atoms with Crippen molar-refractivity contribution in [3.63, 3.8) is 0 Å². The van der Waals surface area contributed by atoms with Gasteiger partial charge in [0.05, 0.1) is 12.3 Å². The van der Waals surface area contributed by atoms with Crippen molar-refractivity contribution in [2.24, 2.45) is 0 Å². The van der Waals surface area contributed by atoms with Crippen LogP contribution in [-0.4, -0.2) is 25.0 Å². The Bertz CT molecular complexity index is 734. The summed E-state index contributed by atoms with van der Waals surface area (Å²) in [4.78, 5) is 25.6. The fraction of sp³-hybridized carbons (Fsp3) is 0.222. The molecule has 0 unspecified atom stereocenters. The summed E-state index contributed by atoms with van der Waals surface area (Å²) in [6.07, 6.45) is 0. The lowest BCUT2D eigenvalue weighted by Gasteiger charge is -2.21. The third-order valence-corrected chi connectivity index (χ3v) is 3.50. The third kappa shape index (κ3) is 4.73. The van der Waals surface area contributed by atoms with Crippen LogP contribution in [0.15, 0.2) is 48.5 Å². The summed E-state index contributed by atoms with van der Waals surface area (Å²) in [6, 6.07) is 14.0. The maximum Gasteiger partial charge on any atom is 0.244 e. The van der Waals surface area contributed by atoms with Crippen LogP contribution in [0.1, 0.15) is 13.8 Å². The van der Waals surface area contributed by atoms with Gasteiger partial charge in [-0.3, -0.25) is 9.59 Å². The van der Waals surface area contributed by atoms with Crippen molar-refractivity contribution in [3.05, 3.63) is 53.6 Å². The van der Waals surface area contributed by atoms with Crippen LogP contribution in [0.5, 0.6) is 5.75 Å². The number of benzene rings is 2. The Morgan fingerprint density at radius 1 is 1.17 bits per heavy atom. The molecule has 0 aliphatic heterocycles. The van der Waals surface area contributed by atoms with Crippen molar-refractivity contribution < 1.29 is 14.3 Å². The predicted octanol–water partition coefficient (Wildman–Crippen LogP) is 3.73. The van der Waals surface area contributed by atoms with E-state index in [9.17, 15) is 9.59 Å². The van der Waals surface area contributed by atoms with E-state index in [1.54, 1.807) is 42.5 Å². The van der Waals surface area contributed by atoms with Crippen LogP contribution in [0, 0.1) is 0 Å². The monoisotopic (exact) mass is 346 g/mol. The molecule has 0 radical (unpaired) electrons. The van der Waals surface area contributed by atoms with E-state index in [2.05, 4.69) is 5.32 Å². The van der Waals surface area contributed by atoms with Crippen molar-refractivity contribution in [3.8, 4) is 5.75 Å². The summed E-state index contributed by atoms with van der Waals surface area (Å²) < 4.78 is 5.48. The molecule has 0 bridgehead atoms. The van der Waals surface area contributed by atoms with E-state index in [-0.39, 0.29) is 18.4 Å². The summed E-state index contributed by atoms with van der Waals surface area (Å²) in [5, 5.41) is 3.28. The van der Waals surface area contributed by atoms with Gasteiger partial charge in [-0.1, -0.05) is 29.8 Å². The Hall–Kier alpha value is -2.53. The van der Waals surface area contributed by atoms with Crippen molar-refractivity contribution in [2.75, 3.05) is 23.4 Å². The molecular weight excluding hydrogens is 328 g/mol. The molecule has 0 aliphatic rings. The van der Waals surface area contributed by atoms with Gasteiger partial charge in [-0.05, 0) is 37.3 Å². The highest BCUT2D eigenvalue weighted by Gasteiger charge is 2.17. The second-order valence-electron chi connectivity index (χ2n) is 5.06. The van der Waals surface area contributed by atoms with E-state index < -0.39 is 0 Å². The van der Waals surface area contributed by atoms with E-state index in [0.29, 0.717) is 28.8 Å². The van der Waals surface area contributed by atoms with Crippen LogP contribution in [0.4, 0.5) is 11.4 Å². The van der Waals surface area contributed by atoms with Gasteiger partial charge < -0.3 is 15.0 Å². The van der Waals surface area contributed by atoms with Crippen LogP contribution in [0.2, 0.25) is 5.02 Å². The molecule has 0 aliphatic carbocycles. The van der Waals surface area contributed by atoms with Gasteiger partial charge in [0.25, 0.3) is 0 Å². The number of amides is 2. The Kier molecular flexibility index (Phi) is 6.21. The fourth-order valence-electron chi connectivity index (χ4n) is 2.21. The Morgan fingerprint density at radius 2 is 1.92 bits per heavy atom. The average molecular weight is 347 g/mol. The number of halogens is 1. The second-order valence-corrected chi connectivity index (χ2v) is 5.50. The molecule has 2 aromatic carbocycles. The zero-order valence-corrected chi connectivity index (χ0v) is 14.3. The first-order valence-corrected chi connectivity index (χ1v) is 7.94. The lowest BCUT2D eigenvalue weighted by Crippen LogP contribution is -2.36. The van der Waals surface area contributed by atoms with E-state index >= 15 is 0 Å². The highest BCUT2D eigenvalue weighted by atomic mass is 35.5. The average Bonchev–Trinajstić information content (AvgIpc) is 2.54. The molecule has 0 saturated heterocycles. The molecule has 6 heteroatoms. The minimum atomic E-state index is -0.322. The maximum atomic E-state index is 12.3. The quantitative estimate of drug-likeness (QED) is 0.867. The van der Waals surface area contributed by atoms with Gasteiger partial charge in [-0.15, -0.1) is 0 Å². The molecule has 0 heterocycles. The smallest absolute Gasteiger partial charge is 0.244 e. The Balaban J connectivity index is 2.13. The number of hydrogen-bond acceptors (Lipinski definition) is 3. The van der Waals surface area contributed by atoms with Gasteiger partial charge in [0.1, 0.15) is 12.3 Å². The Labute approximate surface area is 146 Å². The number of carbonyl (C=O) groups excluding carboxylic acids is 2. The molecular formula is C18H19ClN2O3. The van der Waals surface area contributed by atoms with Gasteiger partial charge in [0.15, 0.2) is 0 Å². The summed E-state index contributed by atoms with van der Waals surface area (Å²) in [7, 11) is 0. The van der Waals surface area contributed by atoms with Crippen LogP contribution in [-0.2, 0) is 9.59 Å². The van der Waals surface area contributed by atoms with Crippen molar-refractivity contribution in [1.29, 1.82) is 0 Å². The Morgan fingerprint density at radius 3 is 2.58 bits per heavy atom. The molecule has 2 aromatic rings. The topological polar surface area (TPSA) is 58.6 Å². The molecule has 0 spiro atoms. The number of ether oxygens (including phenoxy) is 1. The number of hydrogen-bond donors (Lipinski definition) is 1. The molecule has 0 atom stereocenters. The summed E-state index contributed by atoms with van der Waals surface area (Å²) >= 11 is 5.96. The van der Waals surface area contributed by atoms with Crippen LogP contribution < -0.4 is 15.0 Å². The van der Waals surface area contributed by atoms with Crippen molar-refractivity contribution >= 4 is 34.8 Å². The number of rotatable bonds is 6. The molecule has 24 heavy (non-hydrogen) atoms. The van der Waals surface area contributed by atoms with Gasteiger partial charge in [0, 0.05) is 17.6 Å². The third-order valence-electron chi connectivity index (χ3n) is 3.26. The molecule has 126 valence electrons. The van der Waals surface area contributed by atoms with Crippen LogP contribution in [0.25, 0.3) is 0 Å². The number of nitrogens with one attached hydrogen (secondary N) is 1. The number of anilines is 2. The summed E-state index contributed by atoms with van der Waals surface area (Å²) in [5.41, 5.74) is 1.14. The number of para-hydroxylation sites is 2. The molecule has 1 N–H and O–H groups in total. The number of nitrogens with zero attached hydrogens (tertiary/aromatic N) is 1. The van der Waals surface area contributed by atoms with Gasteiger partial charge in [-0.2, -0.15) is 0 Å². The standard InChI is InChI=1S/C18H19ClN2O3/c1-3-24-17-10-5-4-9-16(17)20-18(23)12-21(13(2)22)15-8-6-7-14(19)11-15/h4-11H,3,12H2,1-2H3,(H,20,23). The molecule has 5 nitrogen and oxygen atoms in total. The van der Waals surface area contributed by atoms with E-state index in [1.165, 1.54) is 11.8 Å². The summed E-state index contributed by atoms with van der Waals surface area (Å²) in [6.45, 7) is 3.66. The van der Waals surface area contributed by atoms with Gasteiger partial charge in [-0.25, -0.2) is 0 Å². The van der Waals surface area contributed by atoms with Crippen molar-refractivity contribution in [2.45, 2.75) is 13.8 Å². The minimum absolute atomic E-state index is 0.115. The van der Waals surface area contributed by atoms with E-state index in [4.69, 9.17) is 16.3 Å². The lowest BCUT2D eigenvalue weighted by atomic mass is 10.2. The zero-order valence-electron chi connectivity index (χ0n) is 13.6. The van der Waals surface area contributed by atoms with Crippen LogP contribution >= 0.6 is 11.6 Å². The first-order valence-electron chi connectivity index (χ1n) is 7.56. The van der Waals surface area contributed by atoms with Crippen LogP contribution in [0.3, 0.4) is 0 Å². The predicted molar refractivity (Wildman–Crippen MR) is 95.7 cm³/mol. The lowest BCUT2D eigenvalue weighted by molar-refractivity contribution is -0.120. The van der Waals surface area contributed by atoms with E-state index in [0.717, 1.165) is 0 Å². The van der Waals surface area contributed by atoms with Crippen molar-refractivity contribution in [1.82, 2.24) is 0 Å². The minimum Gasteiger partial charge on any atom is -0.492 e. The van der Waals surface area contributed by atoms with Gasteiger partial charge >= 0.3 is 0 Å². The molecule has 0 aromatic heterocycles. The molecule has 2 amide bonds. The normalized spacial score (nSPS) is 10.1. The SMILES string of the molecule is CCOc1ccccc1NC(=O)CN(C(C)=O)c1cccc(Cl)c1.